The molecular weight excluding hydrogens is 565 g/mol. The Morgan fingerprint density at radius 1 is 0.830 bits per heavy atom. The smallest absolute Gasteiger partial charge is 0.0158 e. The molecular formula is C47H56. The Balaban J connectivity index is 0.000000582. The van der Waals surface area contributed by atoms with E-state index in [0.717, 1.165) is 12.8 Å². The van der Waals surface area contributed by atoms with Crippen LogP contribution in [-0.2, 0) is 5.41 Å². The van der Waals surface area contributed by atoms with Crippen LogP contribution in [-0.4, -0.2) is 0 Å². The summed E-state index contributed by atoms with van der Waals surface area (Å²) in [4.78, 5) is 0. The van der Waals surface area contributed by atoms with Gasteiger partial charge in [0.2, 0.25) is 0 Å². The Morgan fingerprint density at radius 2 is 1.49 bits per heavy atom. The Hall–Kier alpha value is -4.42. The van der Waals surface area contributed by atoms with Crippen molar-refractivity contribution in [3.8, 4) is 0 Å². The monoisotopic (exact) mass is 620 g/mol. The van der Waals surface area contributed by atoms with E-state index in [1.807, 2.05) is 44.2 Å². The van der Waals surface area contributed by atoms with Crippen molar-refractivity contribution in [2.45, 2.75) is 87.5 Å². The van der Waals surface area contributed by atoms with E-state index in [1.165, 1.54) is 78.0 Å². The molecule has 0 atom stereocenters. The topological polar surface area (TPSA) is 0 Å². The first kappa shape index (κ1) is 37.0. The zero-order valence-electron chi connectivity index (χ0n) is 30.7. The molecule has 0 N–H and O–H groups in total. The molecule has 0 spiro atoms. The first-order chi connectivity index (χ1) is 22.5. The fraction of sp³-hybridized carbons (Fsp3) is 0.277. The van der Waals surface area contributed by atoms with Gasteiger partial charge in [-0.15, -0.1) is 0 Å². The molecule has 0 radical (unpaired) electrons. The summed E-state index contributed by atoms with van der Waals surface area (Å²) >= 11 is 0. The maximum Gasteiger partial charge on any atom is 0.0158 e. The summed E-state index contributed by atoms with van der Waals surface area (Å²) in [5.74, 6) is 0. The molecule has 0 heterocycles. The number of hydrogen-bond donors (Lipinski definition) is 0. The third kappa shape index (κ3) is 8.30. The minimum Gasteiger partial charge on any atom is -0.0991 e. The second kappa shape index (κ2) is 16.9. The van der Waals surface area contributed by atoms with Gasteiger partial charge in [0, 0.05) is 5.41 Å². The minimum absolute atomic E-state index is 0.0144. The molecule has 0 aliphatic heterocycles. The lowest BCUT2D eigenvalue weighted by Gasteiger charge is -2.31. The molecule has 0 saturated heterocycles. The lowest BCUT2D eigenvalue weighted by atomic mass is 9.73. The summed E-state index contributed by atoms with van der Waals surface area (Å²) < 4.78 is 0. The summed E-state index contributed by atoms with van der Waals surface area (Å²) in [5.41, 5.74) is 18.8. The van der Waals surface area contributed by atoms with Gasteiger partial charge in [0.1, 0.15) is 0 Å². The highest BCUT2D eigenvalue weighted by atomic mass is 14.4. The van der Waals surface area contributed by atoms with Gasteiger partial charge >= 0.3 is 0 Å². The average Bonchev–Trinajstić information content (AvgIpc) is 3.32. The second-order valence-corrected chi connectivity index (χ2v) is 12.8. The molecule has 0 unspecified atom stereocenters. The molecule has 2 aliphatic carbocycles. The van der Waals surface area contributed by atoms with Gasteiger partial charge in [0.15, 0.2) is 0 Å². The van der Waals surface area contributed by atoms with Gasteiger partial charge in [0.25, 0.3) is 0 Å². The Kier molecular flexibility index (Phi) is 13.3. The zero-order chi connectivity index (χ0) is 34.7. The third-order valence-electron chi connectivity index (χ3n) is 9.38. The molecule has 3 aromatic carbocycles. The predicted molar refractivity (Wildman–Crippen MR) is 212 cm³/mol. The van der Waals surface area contributed by atoms with Crippen molar-refractivity contribution < 1.29 is 0 Å². The van der Waals surface area contributed by atoms with Crippen molar-refractivity contribution in [1.29, 1.82) is 0 Å². The van der Waals surface area contributed by atoms with Crippen LogP contribution in [0.5, 0.6) is 0 Å². The number of aryl methyl sites for hydroxylation is 2. The van der Waals surface area contributed by atoms with Gasteiger partial charge in [-0.2, -0.15) is 0 Å². The van der Waals surface area contributed by atoms with Crippen molar-refractivity contribution in [3.63, 3.8) is 0 Å². The van der Waals surface area contributed by atoms with E-state index in [0.29, 0.717) is 0 Å². The molecule has 0 heteroatoms. The largest absolute Gasteiger partial charge is 0.0991 e. The number of benzene rings is 3. The van der Waals surface area contributed by atoms with Crippen LogP contribution in [0.4, 0.5) is 0 Å². The first-order valence-corrected chi connectivity index (χ1v) is 17.2. The standard InChI is InChI=1S/C38H42.C7H8.C2H6/c1-10-12-13-17-25(3)30-21-20-26(4)35(24-30)32(16-11-2)28(6)27(5)31-22-23-34-33-18-14-15-19-36(33)38(8,9)37(34)29(31)7;1-7-5-3-2-4-6-7;1-2/h10-21,24H,1,5,22-23H2,2-4,6-9H3;2-6H,1H3;1-2H3/b13-12-,16-11-,25-17+,32-28+;;. The lowest BCUT2D eigenvalue weighted by Crippen LogP contribution is -2.20. The van der Waals surface area contributed by atoms with E-state index in [-0.39, 0.29) is 5.41 Å². The van der Waals surface area contributed by atoms with E-state index >= 15 is 0 Å². The quantitative estimate of drug-likeness (QED) is 0.231. The number of allylic oxidation sites excluding steroid dienone is 14. The lowest BCUT2D eigenvalue weighted by molar-refractivity contribution is 0.639. The summed E-state index contributed by atoms with van der Waals surface area (Å²) in [5, 5.41) is 0. The normalized spacial score (nSPS) is 15.7. The van der Waals surface area contributed by atoms with E-state index in [1.54, 1.807) is 6.08 Å². The minimum atomic E-state index is 0.0144. The van der Waals surface area contributed by atoms with E-state index in [2.05, 4.69) is 135 Å². The van der Waals surface area contributed by atoms with Crippen LogP contribution in [0, 0.1) is 13.8 Å². The second-order valence-electron chi connectivity index (χ2n) is 12.8. The van der Waals surface area contributed by atoms with Gasteiger partial charge in [0.05, 0.1) is 0 Å². The summed E-state index contributed by atoms with van der Waals surface area (Å²) in [6.07, 6.45) is 14.5. The van der Waals surface area contributed by atoms with Crippen LogP contribution in [0.15, 0.2) is 150 Å². The summed E-state index contributed by atoms with van der Waals surface area (Å²) in [6, 6.07) is 26.0. The van der Waals surface area contributed by atoms with Crippen LogP contribution >= 0.6 is 0 Å². The molecule has 2 aliphatic rings. The van der Waals surface area contributed by atoms with Gasteiger partial charge in [-0.3, -0.25) is 0 Å². The van der Waals surface area contributed by atoms with Gasteiger partial charge in [-0.05, 0) is 133 Å². The highest BCUT2D eigenvalue weighted by molar-refractivity contribution is 5.88. The van der Waals surface area contributed by atoms with Crippen molar-refractivity contribution in [1.82, 2.24) is 0 Å². The molecule has 0 saturated carbocycles. The van der Waals surface area contributed by atoms with Crippen LogP contribution < -0.4 is 0 Å². The highest BCUT2D eigenvalue weighted by Crippen LogP contribution is 2.54. The van der Waals surface area contributed by atoms with Crippen LogP contribution in [0.3, 0.4) is 0 Å². The summed E-state index contributed by atoms with van der Waals surface area (Å²) in [6.45, 7) is 30.4. The van der Waals surface area contributed by atoms with Crippen LogP contribution in [0.1, 0.15) is 102 Å². The zero-order valence-corrected chi connectivity index (χ0v) is 30.7. The van der Waals surface area contributed by atoms with Crippen molar-refractivity contribution in [2.24, 2.45) is 0 Å². The van der Waals surface area contributed by atoms with E-state index < -0.39 is 0 Å². The van der Waals surface area contributed by atoms with Gasteiger partial charge in [-0.1, -0.05) is 150 Å². The fourth-order valence-corrected chi connectivity index (χ4v) is 6.90. The maximum atomic E-state index is 4.70. The predicted octanol–water partition coefficient (Wildman–Crippen LogP) is 13.9. The van der Waals surface area contributed by atoms with Crippen molar-refractivity contribution in [3.05, 3.63) is 184 Å². The fourth-order valence-electron chi connectivity index (χ4n) is 6.90. The van der Waals surface area contributed by atoms with Crippen molar-refractivity contribution in [2.75, 3.05) is 0 Å². The SMILES string of the molecule is C=C/C=C\C=C(/C)c1ccc(C)c(C(/C=C\C)=C(\C)C(=C)C2=C(C)C3=C(CC2)c2ccccc2C3(C)C)c1.CC.Cc1ccccc1. The molecule has 0 fully saturated rings. The molecule has 0 aromatic heterocycles. The molecule has 47 heavy (non-hydrogen) atoms. The van der Waals surface area contributed by atoms with E-state index in [4.69, 9.17) is 6.58 Å². The van der Waals surface area contributed by atoms with Crippen LogP contribution in [0.25, 0.3) is 16.7 Å². The molecule has 5 rings (SSSR count). The first-order valence-electron chi connectivity index (χ1n) is 17.2. The molecule has 244 valence electrons. The highest BCUT2D eigenvalue weighted by Gasteiger charge is 2.40. The Bertz CT molecular complexity index is 1770. The molecule has 0 bridgehead atoms. The summed E-state index contributed by atoms with van der Waals surface area (Å²) in [7, 11) is 0. The molecule has 3 aromatic rings. The number of rotatable bonds is 7. The van der Waals surface area contributed by atoms with Crippen LogP contribution in [0.2, 0.25) is 0 Å². The maximum absolute atomic E-state index is 4.70. The third-order valence-corrected chi connectivity index (χ3v) is 9.38. The molecule has 0 nitrogen and oxygen atoms in total. The van der Waals surface area contributed by atoms with Gasteiger partial charge < -0.3 is 0 Å². The average molecular weight is 621 g/mol. The van der Waals surface area contributed by atoms with E-state index in [9.17, 15) is 0 Å². The van der Waals surface area contributed by atoms with Crippen molar-refractivity contribution >= 4 is 16.7 Å². The van der Waals surface area contributed by atoms with Gasteiger partial charge in [-0.25, -0.2) is 0 Å². The number of hydrogen-bond acceptors (Lipinski definition) is 0. The Labute approximate surface area is 287 Å². The Morgan fingerprint density at radius 3 is 2.11 bits per heavy atom. The molecule has 0 amide bonds. The number of fused-ring (bicyclic) bond motifs is 2.